The van der Waals surface area contributed by atoms with E-state index >= 15 is 0 Å². The number of nitrogens with zero attached hydrogens (tertiary/aromatic N) is 3. The third kappa shape index (κ3) is 3.64. The predicted octanol–water partition coefficient (Wildman–Crippen LogP) is 2.36. The van der Waals surface area contributed by atoms with E-state index in [0.29, 0.717) is 6.54 Å². The molecule has 2 aromatic rings. The Morgan fingerprint density at radius 2 is 2.14 bits per heavy atom. The number of rotatable bonds is 5. The van der Waals surface area contributed by atoms with Gasteiger partial charge in [0, 0.05) is 17.3 Å². The van der Waals surface area contributed by atoms with Gasteiger partial charge in [-0.25, -0.2) is 14.8 Å². The number of aromatic nitrogens is 2. The molecule has 0 fully saturated rings. The number of ether oxygens (including phenoxy) is 1. The summed E-state index contributed by atoms with van der Waals surface area (Å²) in [5, 5.41) is 1.77. The van der Waals surface area contributed by atoms with Crippen molar-refractivity contribution < 1.29 is 14.3 Å². The Bertz CT molecular complexity index is 651. The number of esters is 1. The van der Waals surface area contributed by atoms with Crippen LogP contribution in [-0.4, -0.2) is 40.4 Å². The Kier molecular flexibility index (Phi) is 5.03. The molecule has 0 aliphatic rings. The number of carbonyl (C=O) groups is 2. The minimum absolute atomic E-state index is 0.197. The maximum atomic E-state index is 12.3. The van der Waals surface area contributed by atoms with E-state index in [1.807, 2.05) is 6.92 Å². The number of hydrogen-bond acceptors (Lipinski definition) is 7. The molecule has 112 valence electrons. The van der Waals surface area contributed by atoms with Crippen molar-refractivity contribution in [1.29, 1.82) is 0 Å². The lowest BCUT2D eigenvalue weighted by atomic mass is 10.3. The Balaban J connectivity index is 2.06. The van der Waals surface area contributed by atoms with Crippen LogP contribution in [0.5, 0.6) is 0 Å². The topological polar surface area (TPSA) is 72.4 Å². The molecular formula is C13H15N3O3S2. The first-order valence-corrected chi connectivity index (χ1v) is 8.06. The lowest BCUT2D eigenvalue weighted by molar-refractivity contribution is 0.0526. The molecule has 0 saturated heterocycles. The fourth-order valence-corrected chi connectivity index (χ4v) is 3.13. The number of aryl methyl sites for hydroxylation is 1. The van der Waals surface area contributed by atoms with Crippen LogP contribution in [0.1, 0.15) is 37.8 Å². The van der Waals surface area contributed by atoms with Crippen LogP contribution in [0, 0.1) is 6.92 Å². The second-order valence-electron chi connectivity index (χ2n) is 4.28. The van der Waals surface area contributed by atoms with E-state index in [9.17, 15) is 9.59 Å². The third-order valence-corrected chi connectivity index (χ3v) is 4.49. The molecule has 1 amide bonds. The summed E-state index contributed by atoms with van der Waals surface area (Å²) in [6, 6.07) is 0. The third-order valence-electron chi connectivity index (χ3n) is 2.75. The average Bonchev–Trinajstić information content (AvgIpc) is 3.08. The molecule has 8 heteroatoms. The molecule has 0 unspecified atom stereocenters. The zero-order chi connectivity index (χ0) is 15.4. The van der Waals surface area contributed by atoms with Gasteiger partial charge in [-0.3, -0.25) is 4.79 Å². The highest BCUT2D eigenvalue weighted by molar-refractivity contribution is 7.11. The van der Waals surface area contributed by atoms with Gasteiger partial charge in [0.05, 0.1) is 24.4 Å². The largest absolute Gasteiger partial charge is 0.461 e. The van der Waals surface area contributed by atoms with Crippen molar-refractivity contribution >= 4 is 34.6 Å². The van der Waals surface area contributed by atoms with Crippen LogP contribution in [-0.2, 0) is 11.3 Å². The first kappa shape index (κ1) is 15.6. The molecule has 2 heterocycles. The van der Waals surface area contributed by atoms with E-state index in [4.69, 9.17) is 4.74 Å². The normalized spacial score (nSPS) is 10.4. The van der Waals surface area contributed by atoms with Crippen LogP contribution in [0.15, 0.2) is 10.9 Å². The zero-order valence-corrected chi connectivity index (χ0v) is 13.6. The minimum atomic E-state index is -0.498. The standard InChI is InChI=1S/C13H15N3O3S2/c1-4-19-13(18)11-15-9(6-20-11)12(17)16(3)5-10-8(2)14-7-21-10/h6-7H,4-5H2,1-3H3. The second-order valence-corrected chi connectivity index (χ2v) is 6.08. The Morgan fingerprint density at radius 3 is 2.76 bits per heavy atom. The molecule has 21 heavy (non-hydrogen) atoms. The molecule has 0 radical (unpaired) electrons. The van der Waals surface area contributed by atoms with E-state index in [2.05, 4.69) is 9.97 Å². The van der Waals surface area contributed by atoms with Crippen LogP contribution in [0.3, 0.4) is 0 Å². The first-order chi connectivity index (χ1) is 10.0. The van der Waals surface area contributed by atoms with E-state index < -0.39 is 5.97 Å². The molecule has 0 atom stereocenters. The smallest absolute Gasteiger partial charge is 0.367 e. The Hall–Kier alpha value is -1.80. The molecule has 0 aliphatic heterocycles. The highest BCUT2D eigenvalue weighted by Crippen LogP contribution is 2.17. The lowest BCUT2D eigenvalue weighted by Gasteiger charge is -2.14. The summed E-state index contributed by atoms with van der Waals surface area (Å²) in [4.78, 5) is 34.6. The van der Waals surface area contributed by atoms with Gasteiger partial charge in [-0.2, -0.15) is 0 Å². The highest BCUT2D eigenvalue weighted by atomic mass is 32.1. The van der Waals surface area contributed by atoms with Crippen molar-refractivity contribution in [1.82, 2.24) is 14.9 Å². The number of amides is 1. The molecular weight excluding hydrogens is 310 g/mol. The van der Waals surface area contributed by atoms with Gasteiger partial charge in [0.2, 0.25) is 5.01 Å². The number of hydrogen-bond donors (Lipinski definition) is 0. The van der Waals surface area contributed by atoms with Crippen LogP contribution in [0.25, 0.3) is 0 Å². The van der Waals surface area contributed by atoms with Gasteiger partial charge >= 0.3 is 5.97 Å². The molecule has 0 saturated carbocycles. The van der Waals surface area contributed by atoms with Crippen molar-refractivity contribution in [3.63, 3.8) is 0 Å². The van der Waals surface area contributed by atoms with Crippen LogP contribution in [0.4, 0.5) is 0 Å². The van der Waals surface area contributed by atoms with Crippen molar-refractivity contribution in [3.05, 3.63) is 32.2 Å². The van der Waals surface area contributed by atoms with E-state index in [-0.39, 0.29) is 23.2 Å². The highest BCUT2D eigenvalue weighted by Gasteiger charge is 2.20. The minimum Gasteiger partial charge on any atom is -0.461 e. The van der Waals surface area contributed by atoms with Crippen molar-refractivity contribution in [2.75, 3.05) is 13.7 Å². The maximum absolute atomic E-state index is 12.3. The molecule has 0 aromatic carbocycles. The summed E-state index contributed by atoms with van der Waals surface area (Å²) < 4.78 is 4.86. The molecule has 0 N–H and O–H groups in total. The van der Waals surface area contributed by atoms with Gasteiger partial charge in [-0.15, -0.1) is 22.7 Å². The monoisotopic (exact) mass is 325 g/mol. The first-order valence-electron chi connectivity index (χ1n) is 6.30. The summed E-state index contributed by atoms with van der Waals surface area (Å²) in [5.74, 6) is -0.725. The van der Waals surface area contributed by atoms with E-state index in [0.717, 1.165) is 21.9 Å². The van der Waals surface area contributed by atoms with Gasteiger partial charge in [0.1, 0.15) is 5.69 Å². The number of thiazole rings is 2. The summed E-state index contributed by atoms with van der Waals surface area (Å²) in [7, 11) is 1.70. The van der Waals surface area contributed by atoms with Crippen molar-refractivity contribution in [2.24, 2.45) is 0 Å². The summed E-state index contributed by atoms with van der Waals surface area (Å²) in [5.41, 5.74) is 2.93. The quantitative estimate of drug-likeness (QED) is 0.789. The van der Waals surface area contributed by atoms with E-state index in [1.165, 1.54) is 11.3 Å². The van der Waals surface area contributed by atoms with E-state index in [1.54, 1.807) is 29.8 Å². The Labute approximate surface area is 130 Å². The van der Waals surface area contributed by atoms with Crippen molar-refractivity contribution in [2.45, 2.75) is 20.4 Å². The molecule has 0 aliphatic carbocycles. The number of carbonyl (C=O) groups excluding carboxylic acids is 2. The van der Waals surface area contributed by atoms with Crippen LogP contribution < -0.4 is 0 Å². The maximum Gasteiger partial charge on any atom is 0.367 e. The Morgan fingerprint density at radius 1 is 1.38 bits per heavy atom. The van der Waals surface area contributed by atoms with Gasteiger partial charge < -0.3 is 9.64 Å². The second kappa shape index (κ2) is 6.77. The fourth-order valence-electron chi connectivity index (χ4n) is 1.62. The van der Waals surface area contributed by atoms with Gasteiger partial charge in [0.25, 0.3) is 5.91 Å². The molecule has 6 nitrogen and oxygen atoms in total. The molecule has 2 aromatic heterocycles. The van der Waals surface area contributed by atoms with Gasteiger partial charge in [-0.1, -0.05) is 0 Å². The summed E-state index contributed by atoms with van der Waals surface area (Å²) in [6.07, 6.45) is 0. The summed E-state index contributed by atoms with van der Waals surface area (Å²) in [6.45, 7) is 4.39. The fraction of sp³-hybridized carbons (Fsp3) is 0.385. The van der Waals surface area contributed by atoms with Crippen LogP contribution in [0.2, 0.25) is 0 Å². The molecule has 0 bridgehead atoms. The van der Waals surface area contributed by atoms with Crippen molar-refractivity contribution in [3.8, 4) is 0 Å². The zero-order valence-electron chi connectivity index (χ0n) is 12.0. The van der Waals surface area contributed by atoms with Gasteiger partial charge in [0.15, 0.2) is 0 Å². The molecule has 0 spiro atoms. The SMILES string of the molecule is CCOC(=O)c1nc(C(=O)N(C)Cc2scnc2C)cs1. The average molecular weight is 325 g/mol. The van der Waals surface area contributed by atoms with Crippen LogP contribution >= 0.6 is 22.7 Å². The lowest BCUT2D eigenvalue weighted by Crippen LogP contribution is -2.26. The van der Waals surface area contributed by atoms with Gasteiger partial charge in [-0.05, 0) is 13.8 Å². The summed E-state index contributed by atoms with van der Waals surface area (Å²) >= 11 is 2.62. The molecule has 2 rings (SSSR count). The predicted molar refractivity (Wildman–Crippen MR) is 80.7 cm³/mol.